The lowest BCUT2D eigenvalue weighted by molar-refractivity contribution is -0.384. The molecule has 2 aromatic rings. The van der Waals surface area contributed by atoms with Crippen LogP contribution < -0.4 is 21.5 Å². The normalized spacial score (nSPS) is 9.75. The van der Waals surface area contributed by atoms with Gasteiger partial charge in [-0.25, -0.2) is 0 Å². The molecule has 0 aliphatic carbocycles. The van der Waals surface area contributed by atoms with Gasteiger partial charge in [0.15, 0.2) is 5.11 Å². The van der Waals surface area contributed by atoms with Gasteiger partial charge in [0.2, 0.25) is 5.91 Å². The molecule has 0 spiro atoms. The summed E-state index contributed by atoms with van der Waals surface area (Å²) in [6, 6.07) is 11.2. The molecule has 28 heavy (non-hydrogen) atoms. The van der Waals surface area contributed by atoms with Crippen molar-refractivity contribution in [2.45, 2.75) is 6.92 Å². The van der Waals surface area contributed by atoms with E-state index in [0.717, 1.165) is 6.07 Å². The number of hydrazine groups is 1. The molecule has 0 heterocycles. The predicted molar refractivity (Wildman–Crippen MR) is 105 cm³/mol. The highest BCUT2D eigenvalue weighted by Crippen LogP contribution is 2.13. The Kier molecular flexibility index (Phi) is 6.71. The molecule has 144 valence electrons. The number of hydrogen-bond acceptors (Lipinski definition) is 6. The summed E-state index contributed by atoms with van der Waals surface area (Å²) in [7, 11) is 0. The number of non-ortho nitro benzene ring substituents is 1. The second-order valence-electron chi connectivity index (χ2n) is 5.43. The summed E-state index contributed by atoms with van der Waals surface area (Å²) in [4.78, 5) is 45.2. The number of nitrogens with one attached hydrogen (secondary N) is 4. The molecule has 0 atom stereocenters. The summed E-state index contributed by atoms with van der Waals surface area (Å²) in [5.74, 6) is -1.43. The quantitative estimate of drug-likeness (QED) is 0.345. The van der Waals surface area contributed by atoms with Crippen LogP contribution in [0.1, 0.15) is 27.6 Å². The second-order valence-corrected chi connectivity index (χ2v) is 5.84. The van der Waals surface area contributed by atoms with E-state index in [4.69, 9.17) is 12.2 Å². The molecule has 0 aliphatic rings. The monoisotopic (exact) mass is 401 g/mol. The Morgan fingerprint density at radius 3 is 2.25 bits per heavy atom. The maximum Gasteiger partial charge on any atom is 0.270 e. The lowest BCUT2D eigenvalue weighted by Gasteiger charge is -2.11. The zero-order chi connectivity index (χ0) is 20.7. The summed E-state index contributed by atoms with van der Waals surface area (Å²) in [6.07, 6.45) is 0. The van der Waals surface area contributed by atoms with E-state index in [-0.39, 0.29) is 27.8 Å². The molecule has 0 unspecified atom stereocenters. The molecule has 0 bridgehead atoms. The number of carbonyl (C=O) groups excluding carboxylic acids is 3. The van der Waals surface area contributed by atoms with Crippen LogP contribution in [-0.4, -0.2) is 27.8 Å². The van der Waals surface area contributed by atoms with Crippen molar-refractivity contribution in [3.05, 3.63) is 69.8 Å². The lowest BCUT2D eigenvalue weighted by atomic mass is 10.2. The first-order valence-electron chi connectivity index (χ1n) is 7.80. The van der Waals surface area contributed by atoms with Crippen LogP contribution in [0.4, 0.5) is 11.4 Å². The van der Waals surface area contributed by atoms with E-state index in [2.05, 4.69) is 21.5 Å². The summed E-state index contributed by atoms with van der Waals surface area (Å²) < 4.78 is 0. The largest absolute Gasteiger partial charge is 0.326 e. The fourth-order valence-corrected chi connectivity index (χ4v) is 2.20. The van der Waals surface area contributed by atoms with Gasteiger partial charge in [0.05, 0.1) is 4.92 Å². The van der Waals surface area contributed by atoms with E-state index in [0.29, 0.717) is 5.69 Å². The van der Waals surface area contributed by atoms with E-state index in [1.165, 1.54) is 37.3 Å². The van der Waals surface area contributed by atoms with E-state index in [1.807, 2.05) is 0 Å². The minimum Gasteiger partial charge on any atom is -0.326 e. The molecule has 10 nitrogen and oxygen atoms in total. The molecule has 2 aromatic carbocycles. The van der Waals surface area contributed by atoms with Gasteiger partial charge in [-0.15, -0.1) is 0 Å². The Bertz CT molecular complexity index is 945. The Balaban J connectivity index is 1.88. The lowest BCUT2D eigenvalue weighted by Crippen LogP contribution is -2.48. The van der Waals surface area contributed by atoms with Crippen molar-refractivity contribution in [1.82, 2.24) is 16.2 Å². The van der Waals surface area contributed by atoms with Crippen LogP contribution in [0, 0.1) is 10.1 Å². The van der Waals surface area contributed by atoms with Crippen molar-refractivity contribution in [2.24, 2.45) is 0 Å². The number of rotatable bonds is 4. The first-order chi connectivity index (χ1) is 13.3. The van der Waals surface area contributed by atoms with E-state index in [1.54, 1.807) is 12.1 Å². The Morgan fingerprint density at radius 2 is 1.64 bits per heavy atom. The van der Waals surface area contributed by atoms with E-state index in [9.17, 15) is 24.5 Å². The van der Waals surface area contributed by atoms with Gasteiger partial charge < -0.3 is 5.32 Å². The summed E-state index contributed by atoms with van der Waals surface area (Å²) >= 11 is 4.91. The number of nitrogens with zero attached hydrogens (tertiary/aromatic N) is 1. The number of nitro benzene ring substituents is 1. The smallest absolute Gasteiger partial charge is 0.270 e. The van der Waals surface area contributed by atoms with Gasteiger partial charge >= 0.3 is 0 Å². The summed E-state index contributed by atoms with van der Waals surface area (Å²) in [5, 5.41) is 15.4. The van der Waals surface area contributed by atoms with Crippen LogP contribution in [0.15, 0.2) is 48.5 Å². The Labute approximate surface area is 164 Å². The molecule has 0 saturated carbocycles. The van der Waals surface area contributed by atoms with Gasteiger partial charge in [0, 0.05) is 35.9 Å². The molecule has 4 N–H and O–H groups in total. The fraction of sp³-hybridized carbons (Fsp3) is 0.0588. The molecule has 0 radical (unpaired) electrons. The molecule has 0 saturated heterocycles. The van der Waals surface area contributed by atoms with Crippen molar-refractivity contribution >= 4 is 46.4 Å². The third kappa shape index (κ3) is 5.85. The number of amides is 3. The van der Waals surface area contributed by atoms with Gasteiger partial charge in [-0.2, -0.15) is 0 Å². The number of benzene rings is 2. The first kappa shape index (κ1) is 20.5. The zero-order valence-corrected chi connectivity index (χ0v) is 15.3. The predicted octanol–water partition coefficient (Wildman–Crippen LogP) is 1.50. The number of nitro groups is 1. The Morgan fingerprint density at radius 1 is 0.964 bits per heavy atom. The minimum atomic E-state index is -0.671. The SMILES string of the molecule is CC(=O)Nc1ccc(C(=O)NNC(=S)NC(=O)c2cccc([N+](=O)[O-])c2)cc1. The highest BCUT2D eigenvalue weighted by Gasteiger charge is 2.13. The van der Waals surface area contributed by atoms with Crippen LogP contribution >= 0.6 is 12.2 Å². The number of hydrogen-bond donors (Lipinski definition) is 4. The molecule has 3 amide bonds. The van der Waals surface area contributed by atoms with Crippen LogP contribution in [0.3, 0.4) is 0 Å². The van der Waals surface area contributed by atoms with Crippen molar-refractivity contribution in [3.63, 3.8) is 0 Å². The van der Waals surface area contributed by atoms with Crippen LogP contribution in [0.2, 0.25) is 0 Å². The molecular formula is C17H15N5O5S. The van der Waals surface area contributed by atoms with Crippen molar-refractivity contribution < 1.29 is 19.3 Å². The van der Waals surface area contributed by atoms with Crippen LogP contribution in [0.25, 0.3) is 0 Å². The zero-order valence-electron chi connectivity index (χ0n) is 14.5. The third-order valence-electron chi connectivity index (χ3n) is 3.30. The summed E-state index contributed by atoms with van der Waals surface area (Å²) in [6.45, 7) is 1.37. The average molecular weight is 401 g/mol. The molecule has 0 fully saturated rings. The molecule has 0 aliphatic heterocycles. The van der Waals surface area contributed by atoms with Crippen LogP contribution in [-0.2, 0) is 4.79 Å². The summed E-state index contributed by atoms with van der Waals surface area (Å²) in [5.41, 5.74) is 5.30. The topological polar surface area (TPSA) is 142 Å². The average Bonchev–Trinajstić information content (AvgIpc) is 2.66. The fourth-order valence-electron chi connectivity index (χ4n) is 2.06. The molecule has 0 aromatic heterocycles. The first-order valence-corrected chi connectivity index (χ1v) is 8.21. The molecule has 2 rings (SSSR count). The van der Waals surface area contributed by atoms with Gasteiger partial charge in [0.1, 0.15) is 0 Å². The van der Waals surface area contributed by atoms with Gasteiger partial charge in [-0.3, -0.25) is 40.7 Å². The van der Waals surface area contributed by atoms with Crippen molar-refractivity contribution in [2.75, 3.05) is 5.32 Å². The van der Waals surface area contributed by atoms with Gasteiger partial charge in [-0.05, 0) is 42.5 Å². The highest BCUT2D eigenvalue weighted by molar-refractivity contribution is 7.80. The second kappa shape index (κ2) is 9.19. The minimum absolute atomic E-state index is 0.0400. The third-order valence-corrected chi connectivity index (χ3v) is 3.51. The van der Waals surface area contributed by atoms with Gasteiger partial charge in [-0.1, -0.05) is 6.07 Å². The van der Waals surface area contributed by atoms with Crippen LogP contribution in [0.5, 0.6) is 0 Å². The number of anilines is 1. The molecular weight excluding hydrogens is 386 g/mol. The standard InChI is InChI=1S/C17H15N5O5S/c1-10(23)18-13-7-5-11(6-8-13)16(25)20-21-17(28)19-15(24)12-3-2-4-14(9-12)22(26)27/h2-9H,1H3,(H,18,23)(H,20,25)(H2,19,21,24,28). The van der Waals surface area contributed by atoms with E-state index < -0.39 is 16.7 Å². The van der Waals surface area contributed by atoms with Gasteiger partial charge in [0.25, 0.3) is 17.5 Å². The number of carbonyl (C=O) groups is 3. The van der Waals surface area contributed by atoms with Crippen molar-refractivity contribution in [1.29, 1.82) is 0 Å². The maximum absolute atomic E-state index is 12.1. The molecule has 11 heteroatoms. The Hall–Kier alpha value is -3.86. The maximum atomic E-state index is 12.1. The highest BCUT2D eigenvalue weighted by atomic mass is 32.1. The van der Waals surface area contributed by atoms with Crippen molar-refractivity contribution in [3.8, 4) is 0 Å². The van der Waals surface area contributed by atoms with E-state index >= 15 is 0 Å². The number of thiocarbonyl (C=S) groups is 1.